The number of rotatable bonds is 7. The Kier molecular flexibility index (Phi) is 6.22. The molecule has 1 heterocycles. The lowest BCUT2D eigenvalue weighted by Gasteiger charge is -2.14. The average Bonchev–Trinajstić information content (AvgIpc) is 3.27. The van der Waals surface area contributed by atoms with Gasteiger partial charge in [0.05, 0.1) is 11.4 Å². The highest BCUT2D eigenvalue weighted by atomic mass is 16.2. The van der Waals surface area contributed by atoms with Crippen LogP contribution >= 0.6 is 0 Å². The number of nitrogens with two attached hydrogens (primary N) is 1. The Morgan fingerprint density at radius 3 is 2.09 bits per heavy atom. The second-order valence-electron chi connectivity index (χ2n) is 7.17. The summed E-state index contributed by atoms with van der Waals surface area (Å²) < 4.78 is 1.77. The molecule has 32 heavy (non-hydrogen) atoms. The maximum absolute atomic E-state index is 12.6. The van der Waals surface area contributed by atoms with Gasteiger partial charge in [0.2, 0.25) is 11.8 Å². The van der Waals surface area contributed by atoms with Crippen LogP contribution in [0.5, 0.6) is 0 Å². The Bertz CT molecular complexity index is 1230. The summed E-state index contributed by atoms with van der Waals surface area (Å²) in [5.41, 5.74) is 9.48. The molecule has 0 bridgehead atoms. The molecule has 1 atom stereocenters. The summed E-state index contributed by atoms with van der Waals surface area (Å²) in [5.74, 6) is -1.05. The van der Waals surface area contributed by atoms with Crippen molar-refractivity contribution in [1.29, 1.82) is 0 Å². The Morgan fingerprint density at radius 2 is 1.47 bits per heavy atom. The quantitative estimate of drug-likeness (QED) is 0.443. The standard InChI is InChI=1S/C26H22N4O2/c27-26(32)25(20-12-6-2-7-13-20)28-23(31)17-16-21-18-30(22-14-8-3-9-15-22)29-24(21)19-10-4-1-5-11-19/h1-18,25H,(H2,27,32)(H,28,31)/b17-16+. The first kappa shape index (κ1) is 20.8. The van der Waals surface area contributed by atoms with Gasteiger partial charge in [-0.1, -0.05) is 78.9 Å². The van der Waals surface area contributed by atoms with Crippen LogP contribution < -0.4 is 11.1 Å². The number of aromatic nitrogens is 2. The lowest BCUT2D eigenvalue weighted by Crippen LogP contribution is -2.36. The van der Waals surface area contributed by atoms with Gasteiger partial charge in [0.25, 0.3) is 0 Å². The Morgan fingerprint density at radius 1 is 0.875 bits per heavy atom. The SMILES string of the molecule is NC(=O)C(NC(=O)/C=C/c1cn(-c2ccccc2)nc1-c1ccccc1)c1ccccc1. The van der Waals surface area contributed by atoms with Crippen LogP contribution in [0.1, 0.15) is 17.2 Å². The van der Waals surface area contributed by atoms with Crippen LogP contribution in [-0.4, -0.2) is 21.6 Å². The number of nitrogens with one attached hydrogen (secondary N) is 1. The monoisotopic (exact) mass is 422 g/mol. The third-order valence-corrected chi connectivity index (χ3v) is 4.93. The van der Waals surface area contributed by atoms with Gasteiger partial charge in [-0.25, -0.2) is 4.68 Å². The van der Waals surface area contributed by atoms with Crippen molar-refractivity contribution >= 4 is 17.9 Å². The van der Waals surface area contributed by atoms with E-state index in [1.54, 1.807) is 35.0 Å². The van der Waals surface area contributed by atoms with Gasteiger partial charge in [0.15, 0.2) is 0 Å². The molecule has 6 heteroatoms. The first-order valence-corrected chi connectivity index (χ1v) is 10.1. The van der Waals surface area contributed by atoms with Crippen molar-refractivity contribution < 1.29 is 9.59 Å². The number of para-hydroxylation sites is 1. The molecule has 0 aliphatic carbocycles. The molecule has 0 aliphatic heterocycles. The summed E-state index contributed by atoms with van der Waals surface area (Å²) in [7, 11) is 0. The van der Waals surface area contributed by atoms with Crippen molar-refractivity contribution in [2.45, 2.75) is 6.04 Å². The smallest absolute Gasteiger partial charge is 0.244 e. The number of hydrogen-bond donors (Lipinski definition) is 2. The minimum Gasteiger partial charge on any atom is -0.368 e. The highest BCUT2D eigenvalue weighted by Gasteiger charge is 2.19. The molecule has 0 radical (unpaired) electrons. The zero-order chi connectivity index (χ0) is 22.3. The fourth-order valence-corrected chi connectivity index (χ4v) is 3.36. The molecule has 158 valence electrons. The Hall–Kier alpha value is -4.45. The lowest BCUT2D eigenvalue weighted by atomic mass is 10.1. The molecule has 0 saturated heterocycles. The first-order valence-electron chi connectivity index (χ1n) is 10.1. The highest BCUT2D eigenvalue weighted by molar-refractivity contribution is 5.96. The van der Waals surface area contributed by atoms with E-state index < -0.39 is 17.9 Å². The number of hydrogen-bond acceptors (Lipinski definition) is 3. The highest BCUT2D eigenvalue weighted by Crippen LogP contribution is 2.24. The normalized spacial score (nSPS) is 11.9. The zero-order valence-corrected chi connectivity index (χ0v) is 17.3. The number of benzene rings is 3. The minimum atomic E-state index is -0.908. The van der Waals surface area contributed by atoms with E-state index in [9.17, 15) is 9.59 Å². The predicted molar refractivity (Wildman–Crippen MR) is 125 cm³/mol. The van der Waals surface area contributed by atoms with Crippen molar-refractivity contribution in [2.75, 3.05) is 0 Å². The van der Waals surface area contributed by atoms with Crippen LogP contribution in [0.4, 0.5) is 0 Å². The summed E-state index contributed by atoms with van der Waals surface area (Å²) in [5, 5.41) is 7.40. The number of carbonyl (C=O) groups is 2. The van der Waals surface area contributed by atoms with Crippen molar-refractivity contribution in [2.24, 2.45) is 5.73 Å². The van der Waals surface area contributed by atoms with E-state index in [0.29, 0.717) is 5.56 Å². The number of carbonyl (C=O) groups excluding carboxylic acids is 2. The van der Waals surface area contributed by atoms with E-state index in [2.05, 4.69) is 5.32 Å². The summed E-state index contributed by atoms with van der Waals surface area (Å²) in [4.78, 5) is 24.5. The van der Waals surface area contributed by atoms with Crippen LogP contribution in [0.15, 0.2) is 103 Å². The summed E-state index contributed by atoms with van der Waals surface area (Å²) in [6.07, 6.45) is 4.94. The molecule has 3 N–H and O–H groups in total. The maximum atomic E-state index is 12.6. The van der Waals surface area contributed by atoms with Crippen molar-refractivity contribution in [3.63, 3.8) is 0 Å². The second kappa shape index (κ2) is 9.57. The molecule has 0 spiro atoms. The third-order valence-electron chi connectivity index (χ3n) is 4.93. The topological polar surface area (TPSA) is 90.0 Å². The van der Waals surface area contributed by atoms with Crippen molar-refractivity contribution in [3.05, 3.63) is 114 Å². The largest absolute Gasteiger partial charge is 0.368 e. The molecule has 0 fully saturated rings. The van der Waals surface area contributed by atoms with Gasteiger partial charge < -0.3 is 11.1 Å². The third kappa shape index (κ3) is 4.82. The lowest BCUT2D eigenvalue weighted by molar-refractivity contribution is -0.125. The maximum Gasteiger partial charge on any atom is 0.244 e. The average molecular weight is 422 g/mol. The van der Waals surface area contributed by atoms with E-state index in [4.69, 9.17) is 10.8 Å². The van der Waals surface area contributed by atoms with Gasteiger partial charge in [0.1, 0.15) is 6.04 Å². The van der Waals surface area contributed by atoms with Crippen LogP contribution in [0.3, 0.4) is 0 Å². The van der Waals surface area contributed by atoms with Crippen LogP contribution in [0.25, 0.3) is 23.0 Å². The van der Waals surface area contributed by atoms with E-state index >= 15 is 0 Å². The van der Waals surface area contributed by atoms with Crippen molar-refractivity contribution in [1.82, 2.24) is 15.1 Å². The van der Waals surface area contributed by atoms with Crippen molar-refractivity contribution in [3.8, 4) is 16.9 Å². The van der Waals surface area contributed by atoms with Gasteiger partial charge in [-0.3, -0.25) is 9.59 Å². The van der Waals surface area contributed by atoms with Gasteiger partial charge >= 0.3 is 0 Å². The van der Waals surface area contributed by atoms with E-state index in [1.165, 1.54) is 6.08 Å². The number of amides is 2. The van der Waals surface area contributed by atoms with Crippen LogP contribution in [-0.2, 0) is 9.59 Å². The summed E-state index contributed by atoms with van der Waals surface area (Å²) in [6.45, 7) is 0. The predicted octanol–water partition coefficient (Wildman–Crippen LogP) is 3.90. The zero-order valence-electron chi connectivity index (χ0n) is 17.3. The fourth-order valence-electron chi connectivity index (χ4n) is 3.36. The molecule has 2 amide bonds. The Labute approximate surface area is 186 Å². The van der Waals surface area contributed by atoms with Gasteiger partial charge in [0, 0.05) is 23.4 Å². The molecular weight excluding hydrogens is 400 g/mol. The number of nitrogens with zero attached hydrogens (tertiary/aromatic N) is 2. The van der Waals surface area contributed by atoms with Gasteiger partial charge in [-0.05, 0) is 23.8 Å². The Balaban J connectivity index is 1.62. The molecule has 1 aromatic heterocycles. The van der Waals surface area contributed by atoms with Crippen LogP contribution in [0.2, 0.25) is 0 Å². The molecule has 3 aromatic carbocycles. The fraction of sp³-hybridized carbons (Fsp3) is 0.0385. The molecule has 6 nitrogen and oxygen atoms in total. The molecule has 4 rings (SSSR count). The molecule has 1 unspecified atom stereocenters. The van der Waals surface area contributed by atoms with Crippen LogP contribution in [0, 0.1) is 0 Å². The number of primary amides is 1. The van der Waals surface area contributed by atoms with E-state index in [0.717, 1.165) is 22.5 Å². The van der Waals surface area contributed by atoms with Gasteiger partial charge in [-0.15, -0.1) is 0 Å². The van der Waals surface area contributed by atoms with Gasteiger partial charge in [-0.2, -0.15) is 5.10 Å². The molecule has 0 saturated carbocycles. The van der Waals surface area contributed by atoms with E-state index in [-0.39, 0.29) is 0 Å². The molecular formula is C26H22N4O2. The second-order valence-corrected chi connectivity index (χ2v) is 7.17. The summed E-state index contributed by atoms with van der Waals surface area (Å²) >= 11 is 0. The molecule has 4 aromatic rings. The first-order chi connectivity index (χ1) is 15.6. The minimum absolute atomic E-state index is 0.427. The van der Waals surface area contributed by atoms with E-state index in [1.807, 2.05) is 72.9 Å². The summed E-state index contributed by atoms with van der Waals surface area (Å²) in [6, 6.07) is 27.5. The molecule has 0 aliphatic rings.